The number of carbonyl (C=O) groups excluding carboxylic acids is 1. The van der Waals surface area contributed by atoms with Gasteiger partial charge >= 0.3 is 0 Å². The molecule has 1 saturated carbocycles. The molecule has 0 spiro atoms. The summed E-state index contributed by atoms with van der Waals surface area (Å²) < 4.78 is 0. The third-order valence-corrected chi connectivity index (χ3v) is 3.18. The largest absolute Gasteiger partial charge is 0.382 e. The van der Waals surface area contributed by atoms with Gasteiger partial charge in [0.15, 0.2) is 0 Å². The summed E-state index contributed by atoms with van der Waals surface area (Å²) in [5.74, 6) is 0.842. The minimum Gasteiger partial charge on any atom is -0.382 e. The molecule has 98 valence electrons. The lowest BCUT2D eigenvalue weighted by molar-refractivity contribution is 0.0789. The standard InChI is InChI=1S/C15H22N2O/c1-11(2)16-14-7-5-4-6-13(14)15(18)17(3)10-12-8-9-12/h4-7,11-12,16H,8-10H2,1-3H3. The Morgan fingerprint density at radius 1 is 1.39 bits per heavy atom. The number of benzene rings is 1. The third-order valence-electron chi connectivity index (χ3n) is 3.18. The van der Waals surface area contributed by atoms with Gasteiger partial charge in [-0.15, -0.1) is 0 Å². The molecule has 1 aliphatic carbocycles. The number of para-hydroxylation sites is 1. The average molecular weight is 246 g/mol. The number of hydrogen-bond donors (Lipinski definition) is 1. The van der Waals surface area contributed by atoms with Gasteiger partial charge in [0.1, 0.15) is 0 Å². The molecule has 3 heteroatoms. The van der Waals surface area contributed by atoms with E-state index in [1.165, 1.54) is 12.8 Å². The molecule has 0 bridgehead atoms. The van der Waals surface area contributed by atoms with E-state index in [-0.39, 0.29) is 5.91 Å². The minimum atomic E-state index is 0.116. The lowest BCUT2D eigenvalue weighted by atomic mass is 10.1. The van der Waals surface area contributed by atoms with Crippen LogP contribution in [0.5, 0.6) is 0 Å². The first kappa shape index (κ1) is 12.9. The van der Waals surface area contributed by atoms with Gasteiger partial charge in [-0.05, 0) is 44.7 Å². The molecule has 1 N–H and O–H groups in total. The lowest BCUT2D eigenvalue weighted by Crippen LogP contribution is -2.29. The van der Waals surface area contributed by atoms with Crippen LogP contribution in [0.4, 0.5) is 5.69 Å². The molecule has 0 radical (unpaired) electrons. The molecule has 1 aliphatic rings. The van der Waals surface area contributed by atoms with Gasteiger partial charge in [-0.1, -0.05) is 12.1 Å². The van der Waals surface area contributed by atoms with Crippen LogP contribution in [0.1, 0.15) is 37.0 Å². The van der Waals surface area contributed by atoms with Crippen LogP contribution in [0, 0.1) is 5.92 Å². The average Bonchev–Trinajstić information content (AvgIpc) is 3.12. The van der Waals surface area contributed by atoms with Crippen molar-refractivity contribution in [3.05, 3.63) is 29.8 Å². The van der Waals surface area contributed by atoms with Gasteiger partial charge in [0.25, 0.3) is 5.91 Å². The van der Waals surface area contributed by atoms with Crippen LogP contribution in [-0.4, -0.2) is 30.4 Å². The van der Waals surface area contributed by atoms with Crippen LogP contribution >= 0.6 is 0 Å². The third kappa shape index (κ3) is 3.25. The summed E-state index contributed by atoms with van der Waals surface area (Å²) in [6.07, 6.45) is 2.53. The van der Waals surface area contributed by atoms with Crippen LogP contribution in [0.2, 0.25) is 0 Å². The molecule has 0 saturated heterocycles. The van der Waals surface area contributed by atoms with Crippen molar-refractivity contribution in [3.63, 3.8) is 0 Å². The molecule has 0 atom stereocenters. The van der Waals surface area contributed by atoms with Crippen LogP contribution in [0.3, 0.4) is 0 Å². The van der Waals surface area contributed by atoms with E-state index >= 15 is 0 Å². The molecule has 18 heavy (non-hydrogen) atoms. The molecule has 0 aromatic heterocycles. The van der Waals surface area contributed by atoms with E-state index in [4.69, 9.17) is 0 Å². The highest BCUT2D eigenvalue weighted by Gasteiger charge is 2.26. The van der Waals surface area contributed by atoms with Gasteiger partial charge < -0.3 is 10.2 Å². The molecule has 1 amide bonds. The van der Waals surface area contributed by atoms with Gasteiger partial charge in [0.05, 0.1) is 5.56 Å². The minimum absolute atomic E-state index is 0.116. The molecular formula is C15H22N2O. The summed E-state index contributed by atoms with van der Waals surface area (Å²) in [5, 5.41) is 3.33. The Balaban J connectivity index is 2.12. The van der Waals surface area contributed by atoms with Crippen LogP contribution in [-0.2, 0) is 0 Å². The second-order valence-corrected chi connectivity index (χ2v) is 5.47. The maximum atomic E-state index is 12.4. The van der Waals surface area contributed by atoms with Crippen LogP contribution in [0.25, 0.3) is 0 Å². The number of hydrogen-bond acceptors (Lipinski definition) is 2. The summed E-state index contributed by atoms with van der Waals surface area (Å²) in [5.41, 5.74) is 1.70. The molecular weight excluding hydrogens is 224 g/mol. The number of anilines is 1. The number of nitrogens with one attached hydrogen (secondary N) is 1. The molecule has 1 aromatic rings. The summed E-state index contributed by atoms with van der Waals surface area (Å²) in [7, 11) is 1.90. The lowest BCUT2D eigenvalue weighted by Gasteiger charge is -2.20. The Morgan fingerprint density at radius 3 is 2.67 bits per heavy atom. The van der Waals surface area contributed by atoms with Gasteiger partial charge in [-0.2, -0.15) is 0 Å². The van der Waals surface area contributed by atoms with Crippen molar-refractivity contribution < 1.29 is 4.79 Å². The van der Waals surface area contributed by atoms with Gasteiger partial charge in [-0.3, -0.25) is 4.79 Å². The first-order valence-corrected chi connectivity index (χ1v) is 6.69. The highest BCUT2D eigenvalue weighted by Crippen LogP contribution is 2.30. The van der Waals surface area contributed by atoms with E-state index in [2.05, 4.69) is 19.2 Å². The van der Waals surface area contributed by atoms with Crippen molar-refractivity contribution in [1.82, 2.24) is 4.90 Å². The fourth-order valence-corrected chi connectivity index (χ4v) is 2.08. The van der Waals surface area contributed by atoms with Crippen LogP contribution in [0.15, 0.2) is 24.3 Å². The Labute approximate surface area is 109 Å². The highest BCUT2D eigenvalue weighted by molar-refractivity contribution is 5.99. The summed E-state index contributed by atoms with van der Waals surface area (Å²) in [4.78, 5) is 14.2. The summed E-state index contributed by atoms with van der Waals surface area (Å²) >= 11 is 0. The molecule has 0 unspecified atom stereocenters. The van der Waals surface area contributed by atoms with Gasteiger partial charge in [0.2, 0.25) is 0 Å². The Bertz CT molecular complexity index is 424. The zero-order valence-corrected chi connectivity index (χ0v) is 11.4. The topological polar surface area (TPSA) is 32.3 Å². The zero-order valence-electron chi connectivity index (χ0n) is 11.4. The fraction of sp³-hybridized carbons (Fsp3) is 0.533. The Morgan fingerprint density at radius 2 is 2.06 bits per heavy atom. The first-order valence-electron chi connectivity index (χ1n) is 6.69. The van der Waals surface area contributed by atoms with E-state index in [0.29, 0.717) is 6.04 Å². The van der Waals surface area contributed by atoms with Crippen molar-refractivity contribution >= 4 is 11.6 Å². The smallest absolute Gasteiger partial charge is 0.255 e. The maximum absolute atomic E-state index is 12.4. The number of nitrogens with zero attached hydrogens (tertiary/aromatic N) is 1. The predicted octanol–water partition coefficient (Wildman–Crippen LogP) is 2.99. The predicted molar refractivity (Wildman–Crippen MR) is 74.9 cm³/mol. The van der Waals surface area contributed by atoms with Crippen molar-refractivity contribution in [2.24, 2.45) is 5.92 Å². The summed E-state index contributed by atoms with van der Waals surface area (Å²) in [6, 6.07) is 8.08. The van der Waals surface area contributed by atoms with Crippen LogP contribution < -0.4 is 5.32 Å². The molecule has 1 fully saturated rings. The SMILES string of the molecule is CC(C)Nc1ccccc1C(=O)N(C)CC1CC1. The number of rotatable bonds is 5. The van der Waals surface area contributed by atoms with E-state index in [1.807, 2.05) is 36.2 Å². The Hall–Kier alpha value is -1.51. The van der Waals surface area contributed by atoms with Crippen molar-refractivity contribution in [2.75, 3.05) is 18.9 Å². The second kappa shape index (κ2) is 5.42. The second-order valence-electron chi connectivity index (χ2n) is 5.47. The van der Waals surface area contributed by atoms with E-state index in [0.717, 1.165) is 23.7 Å². The molecule has 2 rings (SSSR count). The van der Waals surface area contributed by atoms with Crippen molar-refractivity contribution in [1.29, 1.82) is 0 Å². The van der Waals surface area contributed by atoms with Crippen molar-refractivity contribution in [3.8, 4) is 0 Å². The van der Waals surface area contributed by atoms with E-state index in [9.17, 15) is 4.79 Å². The van der Waals surface area contributed by atoms with E-state index in [1.54, 1.807) is 0 Å². The quantitative estimate of drug-likeness (QED) is 0.866. The zero-order chi connectivity index (χ0) is 13.1. The monoisotopic (exact) mass is 246 g/mol. The fourth-order valence-electron chi connectivity index (χ4n) is 2.08. The first-order chi connectivity index (χ1) is 8.58. The molecule has 0 aliphatic heterocycles. The van der Waals surface area contributed by atoms with Gasteiger partial charge in [-0.25, -0.2) is 0 Å². The number of amides is 1. The highest BCUT2D eigenvalue weighted by atomic mass is 16.2. The summed E-state index contributed by atoms with van der Waals surface area (Å²) in [6.45, 7) is 5.04. The molecule has 3 nitrogen and oxygen atoms in total. The molecule has 0 heterocycles. The molecule has 1 aromatic carbocycles. The Kier molecular flexibility index (Phi) is 3.90. The number of carbonyl (C=O) groups is 1. The normalized spacial score (nSPS) is 14.7. The van der Waals surface area contributed by atoms with Gasteiger partial charge in [0, 0.05) is 25.3 Å². The van der Waals surface area contributed by atoms with Crippen molar-refractivity contribution in [2.45, 2.75) is 32.7 Å². The maximum Gasteiger partial charge on any atom is 0.255 e. The van der Waals surface area contributed by atoms with E-state index < -0.39 is 0 Å².